The third-order valence-corrected chi connectivity index (χ3v) is 2.91. The quantitative estimate of drug-likeness (QED) is 0.909. The lowest BCUT2D eigenvalue weighted by Crippen LogP contribution is -2.13. The van der Waals surface area contributed by atoms with Crippen LogP contribution < -0.4 is 5.32 Å². The van der Waals surface area contributed by atoms with Gasteiger partial charge in [0, 0.05) is 18.1 Å². The summed E-state index contributed by atoms with van der Waals surface area (Å²) in [7, 11) is 0. The summed E-state index contributed by atoms with van der Waals surface area (Å²) >= 11 is 5.92. The van der Waals surface area contributed by atoms with Gasteiger partial charge in [0.15, 0.2) is 0 Å². The number of hydrogen-bond acceptors (Lipinski definition) is 2. The van der Waals surface area contributed by atoms with Crippen molar-refractivity contribution >= 4 is 11.6 Å². The molecule has 0 bridgehead atoms. The normalized spacial score (nSPS) is 10.0. The molecule has 18 heavy (non-hydrogen) atoms. The van der Waals surface area contributed by atoms with Gasteiger partial charge in [0.25, 0.3) is 0 Å². The van der Waals surface area contributed by atoms with Crippen LogP contribution in [0, 0.1) is 11.3 Å². The van der Waals surface area contributed by atoms with Crippen LogP contribution in [-0.2, 0) is 13.1 Å². The highest BCUT2D eigenvalue weighted by Gasteiger charge is 2.00. The third-order valence-electron chi connectivity index (χ3n) is 2.67. The Balaban J connectivity index is 1.95. The number of nitriles is 1. The molecule has 0 heterocycles. The molecule has 0 saturated heterocycles. The van der Waals surface area contributed by atoms with Gasteiger partial charge < -0.3 is 5.32 Å². The molecule has 0 unspecified atom stereocenters. The smallest absolute Gasteiger partial charge is 0.0995 e. The van der Waals surface area contributed by atoms with Gasteiger partial charge in [0.05, 0.1) is 11.6 Å². The van der Waals surface area contributed by atoms with Gasteiger partial charge in [-0.1, -0.05) is 41.9 Å². The van der Waals surface area contributed by atoms with E-state index in [-0.39, 0.29) is 0 Å². The number of benzene rings is 2. The van der Waals surface area contributed by atoms with Gasteiger partial charge in [-0.25, -0.2) is 0 Å². The van der Waals surface area contributed by atoms with E-state index in [1.807, 2.05) is 48.5 Å². The number of halogens is 1. The summed E-state index contributed by atoms with van der Waals surface area (Å²) in [6.07, 6.45) is 0. The van der Waals surface area contributed by atoms with Crippen LogP contribution in [0.3, 0.4) is 0 Å². The Bertz CT molecular complexity index is 573. The van der Waals surface area contributed by atoms with Crippen LogP contribution in [0.1, 0.15) is 16.7 Å². The molecule has 0 atom stereocenters. The lowest BCUT2D eigenvalue weighted by molar-refractivity contribution is 0.692. The molecular weight excluding hydrogens is 244 g/mol. The molecule has 2 aromatic rings. The lowest BCUT2D eigenvalue weighted by atomic mass is 10.1. The maximum absolute atomic E-state index is 8.98. The van der Waals surface area contributed by atoms with E-state index in [0.717, 1.165) is 28.3 Å². The minimum Gasteiger partial charge on any atom is -0.309 e. The summed E-state index contributed by atoms with van der Waals surface area (Å²) in [6.45, 7) is 1.41. The standard InChI is InChI=1S/C15H13ClN2/c16-15-7-3-4-12(8-15)10-18-11-14-6-2-1-5-13(14)9-17/h1-8,18H,10-11H2. The van der Waals surface area contributed by atoms with Crippen LogP contribution in [0.4, 0.5) is 0 Å². The first-order valence-corrected chi connectivity index (χ1v) is 6.10. The Labute approximate surface area is 112 Å². The first-order chi connectivity index (χ1) is 8.79. The second-order valence-corrected chi connectivity index (χ2v) is 4.44. The van der Waals surface area contributed by atoms with Gasteiger partial charge >= 0.3 is 0 Å². The van der Waals surface area contributed by atoms with Crippen molar-refractivity contribution in [2.45, 2.75) is 13.1 Å². The molecule has 3 heteroatoms. The highest BCUT2D eigenvalue weighted by molar-refractivity contribution is 6.30. The van der Waals surface area contributed by atoms with Crippen LogP contribution in [-0.4, -0.2) is 0 Å². The van der Waals surface area contributed by atoms with Gasteiger partial charge in [0.1, 0.15) is 0 Å². The molecule has 0 fully saturated rings. The van der Waals surface area contributed by atoms with Crippen molar-refractivity contribution in [2.24, 2.45) is 0 Å². The Morgan fingerprint density at radius 3 is 2.67 bits per heavy atom. The first kappa shape index (κ1) is 12.6. The summed E-state index contributed by atoms with van der Waals surface area (Å²) in [5.41, 5.74) is 2.87. The van der Waals surface area contributed by atoms with E-state index in [4.69, 9.17) is 16.9 Å². The average Bonchev–Trinajstić information content (AvgIpc) is 2.39. The van der Waals surface area contributed by atoms with E-state index in [0.29, 0.717) is 6.54 Å². The molecule has 2 aromatic carbocycles. The number of nitrogens with zero attached hydrogens (tertiary/aromatic N) is 1. The maximum atomic E-state index is 8.98. The molecular formula is C15H13ClN2. The SMILES string of the molecule is N#Cc1ccccc1CNCc1cccc(Cl)c1. The van der Waals surface area contributed by atoms with Gasteiger partial charge in [-0.15, -0.1) is 0 Å². The van der Waals surface area contributed by atoms with Gasteiger partial charge in [-0.3, -0.25) is 0 Å². The van der Waals surface area contributed by atoms with E-state index in [9.17, 15) is 0 Å². The molecule has 2 rings (SSSR count). The zero-order chi connectivity index (χ0) is 12.8. The van der Waals surface area contributed by atoms with E-state index < -0.39 is 0 Å². The average molecular weight is 257 g/mol. The highest BCUT2D eigenvalue weighted by atomic mass is 35.5. The fraction of sp³-hybridized carbons (Fsp3) is 0.133. The van der Waals surface area contributed by atoms with Crippen LogP contribution in [0.15, 0.2) is 48.5 Å². The van der Waals surface area contributed by atoms with Gasteiger partial charge in [-0.2, -0.15) is 5.26 Å². The second kappa shape index (κ2) is 6.20. The molecule has 2 nitrogen and oxygen atoms in total. The summed E-state index contributed by atoms with van der Waals surface area (Å²) in [5, 5.41) is 13.0. The van der Waals surface area contributed by atoms with E-state index in [1.54, 1.807) is 0 Å². The molecule has 90 valence electrons. The van der Waals surface area contributed by atoms with Crippen molar-refractivity contribution < 1.29 is 0 Å². The Hall–Kier alpha value is -1.82. The van der Waals surface area contributed by atoms with E-state index in [1.165, 1.54) is 0 Å². The van der Waals surface area contributed by atoms with Gasteiger partial charge in [-0.05, 0) is 29.3 Å². The summed E-state index contributed by atoms with van der Waals surface area (Å²) < 4.78 is 0. The van der Waals surface area contributed by atoms with Crippen LogP contribution in [0.5, 0.6) is 0 Å². The Kier molecular flexibility index (Phi) is 4.35. The minimum atomic E-state index is 0.677. The summed E-state index contributed by atoms with van der Waals surface area (Å²) in [5.74, 6) is 0. The molecule has 0 radical (unpaired) electrons. The molecule has 0 aliphatic carbocycles. The number of hydrogen-bond donors (Lipinski definition) is 1. The molecule has 0 aliphatic heterocycles. The van der Waals surface area contributed by atoms with E-state index >= 15 is 0 Å². The molecule has 1 N–H and O–H groups in total. The van der Waals surface area contributed by atoms with Crippen molar-refractivity contribution in [2.75, 3.05) is 0 Å². The van der Waals surface area contributed by atoms with Crippen molar-refractivity contribution in [3.63, 3.8) is 0 Å². The summed E-state index contributed by atoms with van der Waals surface area (Å²) in [4.78, 5) is 0. The largest absolute Gasteiger partial charge is 0.309 e. The summed E-state index contributed by atoms with van der Waals surface area (Å²) in [6, 6.07) is 17.5. The van der Waals surface area contributed by atoms with Crippen molar-refractivity contribution in [3.05, 3.63) is 70.2 Å². The van der Waals surface area contributed by atoms with Crippen LogP contribution >= 0.6 is 11.6 Å². The fourth-order valence-electron chi connectivity index (χ4n) is 1.77. The molecule has 0 spiro atoms. The van der Waals surface area contributed by atoms with Crippen LogP contribution in [0.25, 0.3) is 0 Å². The van der Waals surface area contributed by atoms with Crippen molar-refractivity contribution in [1.82, 2.24) is 5.32 Å². The molecule has 0 aliphatic rings. The fourth-order valence-corrected chi connectivity index (χ4v) is 1.98. The Morgan fingerprint density at radius 1 is 1.06 bits per heavy atom. The third kappa shape index (κ3) is 3.33. The highest BCUT2D eigenvalue weighted by Crippen LogP contribution is 2.11. The zero-order valence-corrected chi connectivity index (χ0v) is 10.6. The molecule has 0 aromatic heterocycles. The lowest BCUT2D eigenvalue weighted by Gasteiger charge is -2.06. The molecule has 0 amide bonds. The predicted octanol–water partition coefficient (Wildman–Crippen LogP) is 3.50. The first-order valence-electron chi connectivity index (χ1n) is 5.73. The van der Waals surface area contributed by atoms with Crippen molar-refractivity contribution in [3.8, 4) is 6.07 Å². The zero-order valence-electron chi connectivity index (χ0n) is 9.86. The maximum Gasteiger partial charge on any atom is 0.0995 e. The number of nitrogens with one attached hydrogen (secondary N) is 1. The van der Waals surface area contributed by atoms with Crippen molar-refractivity contribution in [1.29, 1.82) is 5.26 Å². The monoisotopic (exact) mass is 256 g/mol. The van der Waals surface area contributed by atoms with Gasteiger partial charge in [0.2, 0.25) is 0 Å². The number of rotatable bonds is 4. The second-order valence-electron chi connectivity index (χ2n) is 4.00. The van der Waals surface area contributed by atoms with E-state index in [2.05, 4.69) is 11.4 Å². The molecule has 0 saturated carbocycles. The minimum absolute atomic E-state index is 0.677. The topological polar surface area (TPSA) is 35.8 Å². The Morgan fingerprint density at radius 2 is 1.89 bits per heavy atom. The predicted molar refractivity (Wildman–Crippen MR) is 73.2 cm³/mol. The van der Waals surface area contributed by atoms with Crippen LogP contribution in [0.2, 0.25) is 5.02 Å².